The van der Waals surface area contributed by atoms with Crippen LogP contribution in [0.25, 0.3) is 33.3 Å². The number of hydrogen-bond acceptors (Lipinski definition) is 4. The number of aromatic nitrogens is 2. The first-order valence-corrected chi connectivity index (χ1v) is 12.9. The quantitative estimate of drug-likeness (QED) is 0.217. The molecule has 0 aliphatic rings. The van der Waals surface area contributed by atoms with E-state index in [-0.39, 0.29) is 30.9 Å². The first kappa shape index (κ1) is 31.8. The Morgan fingerprint density at radius 2 is 1.34 bits per heavy atom. The molecule has 0 spiro atoms. The summed E-state index contributed by atoms with van der Waals surface area (Å²) in [6.07, 6.45) is 1.20. The topological polar surface area (TPSA) is 66.2 Å². The van der Waals surface area contributed by atoms with Gasteiger partial charge in [-0.3, -0.25) is 4.98 Å². The Labute approximate surface area is 241 Å². The molecule has 5 heteroatoms. The van der Waals surface area contributed by atoms with Crippen LogP contribution in [0.3, 0.4) is 0 Å². The molecule has 3 aromatic carbocycles. The Bertz CT molecular complexity index is 1320. The third-order valence-corrected chi connectivity index (χ3v) is 6.74. The summed E-state index contributed by atoms with van der Waals surface area (Å²) in [7, 11) is 0. The van der Waals surface area contributed by atoms with Crippen molar-refractivity contribution in [1.29, 1.82) is 0 Å². The molecule has 0 bridgehead atoms. The smallest absolute Gasteiger partial charge is 0.106 e. The van der Waals surface area contributed by atoms with E-state index in [0.717, 1.165) is 22.5 Å². The minimum Gasteiger partial charge on any atom is -0.392 e. The van der Waals surface area contributed by atoms with Gasteiger partial charge in [-0.2, -0.15) is 0 Å². The molecule has 1 aromatic heterocycles. The van der Waals surface area contributed by atoms with Crippen LogP contribution < -0.4 is 0 Å². The van der Waals surface area contributed by atoms with E-state index in [2.05, 4.69) is 66.3 Å². The van der Waals surface area contributed by atoms with Crippen molar-refractivity contribution in [2.45, 2.75) is 74.0 Å². The molecule has 2 N–H and O–H groups in total. The molecule has 4 nitrogen and oxygen atoms in total. The molecule has 4 rings (SSSR count). The zero-order chi connectivity index (χ0) is 27.4. The van der Waals surface area contributed by atoms with Crippen LogP contribution in [0, 0.1) is 30.7 Å². The van der Waals surface area contributed by atoms with Crippen LogP contribution in [-0.2, 0) is 20.1 Å². The fraction of sp³-hybridized carbons (Fsp3) is 0.394. The van der Waals surface area contributed by atoms with Gasteiger partial charge >= 0.3 is 0 Å². The molecule has 1 heterocycles. The molecule has 0 aliphatic heterocycles. The van der Waals surface area contributed by atoms with Crippen LogP contribution in [0.5, 0.6) is 0 Å². The van der Waals surface area contributed by atoms with Crippen molar-refractivity contribution in [3.8, 4) is 22.5 Å². The summed E-state index contributed by atoms with van der Waals surface area (Å²) in [5.74, 6) is 0. The zero-order valence-corrected chi connectivity index (χ0v) is 26.2. The van der Waals surface area contributed by atoms with Crippen molar-refractivity contribution >= 4 is 10.8 Å². The third-order valence-electron chi connectivity index (χ3n) is 6.74. The SMILES string of the molecule is CC(C)(C)C(O)CC(O)C(C)(C)C.Cc1ccc(C)c(-c2cc(-c3[c-]cc4ccccc4c3)ncn2)c1.[Ir]. The van der Waals surface area contributed by atoms with Crippen LogP contribution in [0.15, 0.2) is 67.0 Å². The summed E-state index contributed by atoms with van der Waals surface area (Å²) >= 11 is 0. The normalized spacial score (nSPS) is 13.2. The first-order valence-electron chi connectivity index (χ1n) is 12.9. The molecule has 0 aliphatic carbocycles. The fourth-order valence-electron chi connectivity index (χ4n) is 3.86. The van der Waals surface area contributed by atoms with Crippen molar-refractivity contribution in [2.24, 2.45) is 10.8 Å². The Balaban J connectivity index is 0.000000313. The van der Waals surface area contributed by atoms with E-state index in [4.69, 9.17) is 0 Å². The number of hydrogen-bond donors (Lipinski definition) is 2. The second-order valence-electron chi connectivity index (χ2n) is 12.1. The summed E-state index contributed by atoms with van der Waals surface area (Å²) in [6.45, 7) is 16.1. The minimum atomic E-state index is -0.443. The fourth-order valence-corrected chi connectivity index (χ4v) is 3.86. The summed E-state index contributed by atoms with van der Waals surface area (Å²) in [6, 6.07) is 24.3. The van der Waals surface area contributed by atoms with E-state index in [1.807, 2.05) is 65.8 Å². The molecule has 0 saturated carbocycles. The van der Waals surface area contributed by atoms with E-state index in [9.17, 15) is 10.2 Å². The molecule has 2 unspecified atom stereocenters. The number of aliphatic hydroxyl groups excluding tert-OH is 2. The maximum absolute atomic E-state index is 9.76. The molecule has 0 saturated heterocycles. The number of aliphatic hydroxyl groups is 2. The van der Waals surface area contributed by atoms with Gasteiger partial charge in [-0.1, -0.05) is 95.0 Å². The number of benzene rings is 3. The van der Waals surface area contributed by atoms with Crippen molar-refractivity contribution in [1.82, 2.24) is 9.97 Å². The molecule has 1 radical (unpaired) electrons. The standard InChI is InChI=1S/C22H17N2.C11H24O2.Ir/c1-15-7-8-16(2)20(11-15)22-13-21(23-14-24-22)19-10-9-17-5-3-4-6-18(17)12-19;1-10(2,3)8(12)7-9(13)11(4,5)6;/h3-9,11-14H,1-2H3;8-9,12-13H,7H2,1-6H3;/q-1;;. The molecule has 4 aromatic rings. The molecule has 205 valence electrons. The summed E-state index contributed by atoms with van der Waals surface area (Å²) in [4.78, 5) is 8.93. The van der Waals surface area contributed by atoms with Crippen LogP contribution in [0.2, 0.25) is 0 Å². The van der Waals surface area contributed by atoms with Gasteiger partial charge < -0.3 is 10.2 Å². The summed E-state index contributed by atoms with van der Waals surface area (Å²) < 4.78 is 0. The number of fused-ring (bicyclic) bond motifs is 1. The van der Waals surface area contributed by atoms with Gasteiger partial charge in [-0.05, 0) is 42.0 Å². The van der Waals surface area contributed by atoms with Crippen LogP contribution >= 0.6 is 0 Å². The second-order valence-corrected chi connectivity index (χ2v) is 12.1. The molecular weight excluding hydrogens is 649 g/mol. The molecule has 0 fully saturated rings. The van der Waals surface area contributed by atoms with Gasteiger partial charge in [0.05, 0.1) is 17.9 Å². The average Bonchev–Trinajstić information content (AvgIpc) is 2.84. The minimum absolute atomic E-state index is 0. The van der Waals surface area contributed by atoms with E-state index in [1.54, 1.807) is 6.33 Å². The number of aryl methyl sites for hydroxylation is 2. The maximum atomic E-state index is 9.76. The molecular formula is C33H41IrN2O2-. The Kier molecular flexibility index (Phi) is 10.9. The van der Waals surface area contributed by atoms with Gasteiger partial charge in [-0.15, -0.1) is 29.1 Å². The van der Waals surface area contributed by atoms with Gasteiger partial charge in [0.2, 0.25) is 0 Å². The molecule has 38 heavy (non-hydrogen) atoms. The first-order chi connectivity index (χ1) is 17.3. The molecule has 0 amide bonds. The monoisotopic (exact) mass is 690 g/mol. The van der Waals surface area contributed by atoms with Gasteiger partial charge in [-0.25, -0.2) is 4.98 Å². The predicted octanol–water partition coefficient (Wildman–Crippen LogP) is 7.57. The zero-order valence-electron chi connectivity index (χ0n) is 23.8. The number of nitrogens with zero attached hydrogens (tertiary/aromatic N) is 2. The van der Waals surface area contributed by atoms with E-state index in [0.29, 0.717) is 6.42 Å². The van der Waals surface area contributed by atoms with Gasteiger partial charge in [0.25, 0.3) is 0 Å². The van der Waals surface area contributed by atoms with Crippen molar-refractivity contribution in [3.05, 3.63) is 84.2 Å². The predicted molar refractivity (Wildman–Crippen MR) is 154 cm³/mol. The Morgan fingerprint density at radius 3 is 1.95 bits per heavy atom. The van der Waals surface area contributed by atoms with E-state index >= 15 is 0 Å². The Morgan fingerprint density at radius 1 is 0.763 bits per heavy atom. The van der Waals surface area contributed by atoms with Crippen LogP contribution in [0.4, 0.5) is 0 Å². The van der Waals surface area contributed by atoms with Crippen molar-refractivity contribution in [2.75, 3.05) is 0 Å². The average molecular weight is 690 g/mol. The number of rotatable bonds is 4. The third kappa shape index (κ3) is 8.54. The summed E-state index contributed by atoms with van der Waals surface area (Å²) in [5.41, 5.74) is 6.13. The van der Waals surface area contributed by atoms with Gasteiger partial charge in [0.1, 0.15) is 6.33 Å². The Hall–Kier alpha value is -2.43. The van der Waals surface area contributed by atoms with Crippen molar-refractivity contribution < 1.29 is 30.3 Å². The van der Waals surface area contributed by atoms with Crippen LogP contribution in [0.1, 0.15) is 59.1 Å². The molecule has 2 atom stereocenters. The largest absolute Gasteiger partial charge is 0.392 e. The summed E-state index contributed by atoms with van der Waals surface area (Å²) in [5, 5.41) is 21.9. The van der Waals surface area contributed by atoms with E-state index < -0.39 is 12.2 Å². The van der Waals surface area contributed by atoms with Crippen molar-refractivity contribution in [3.63, 3.8) is 0 Å². The van der Waals surface area contributed by atoms with Gasteiger partial charge in [0.15, 0.2) is 0 Å². The van der Waals surface area contributed by atoms with Crippen LogP contribution in [-0.4, -0.2) is 32.4 Å². The van der Waals surface area contributed by atoms with E-state index in [1.165, 1.54) is 21.9 Å². The second kappa shape index (κ2) is 13.1. The maximum Gasteiger partial charge on any atom is 0.106 e. The van der Waals surface area contributed by atoms with Gasteiger partial charge in [0, 0.05) is 32.1 Å².